The molecule has 0 fully saturated rings. The lowest BCUT2D eigenvalue weighted by Gasteiger charge is -2.08. The van der Waals surface area contributed by atoms with Gasteiger partial charge in [-0.1, -0.05) is 17.7 Å². The fraction of sp³-hybridized carbons (Fsp3) is 0.267. The highest BCUT2D eigenvalue weighted by atomic mass is 16.5. The average molecular weight is 243 g/mol. The maximum atomic E-state index is 11.6. The first-order valence-electron chi connectivity index (χ1n) is 6.02. The molecule has 0 aliphatic carbocycles. The Kier molecular flexibility index (Phi) is 3.82. The minimum atomic E-state index is 0.0162. The molecule has 3 nitrogen and oxygen atoms in total. The Bertz CT molecular complexity index is 570. The number of hydrogen-bond donors (Lipinski definition) is 0. The average Bonchev–Trinajstić information content (AvgIpc) is 2.34. The third kappa shape index (κ3) is 3.23. The molecule has 0 atom stereocenters. The fourth-order valence-corrected chi connectivity index (χ4v) is 1.69. The zero-order valence-electron chi connectivity index (χ0n) is 10.7. The number of rotatable bonds is 4. The van der Waals surface area contributed by atoms with Gasteiger partial charge in [0.05, 0.1) is 6.54 Å². The van der Waals surface area contributed by atoms with E-state index in [1.54, 1.807) is 16.8 Å². The molecule has 0 saturated heterocycles. The van der Waals surface area contributed by atoms with Crippen LogP contribution in [0.1, 0.15) is 11.1 Å². The van der Waals surface area contributed by atoms with Gasteiger partial charge in [-0.25, -0.2) is 0 Å². The van der Waals surface area contributed by atoms with Crippen LogP contribution in [0.2, 0.25) is 0 Å². The lowest BCUT2D eigenvalue weighted by Crippen LogP contribution is -2.21. The van der Waals surface area contributed by atoms with E-state index in [-0.39, 0.29) is 5.56 Å². The Morgan fingerprint density at radius 3 is 2.44 bits per heavy atom. The van der Waals surface area contributed by atoms with E-state index in [2.05, 4.69) is 0 Å². The van der Waals surface area contributed by atoms with Crippen molar-refractivity contribution >= 4 is 0 Å². The van der Waals surface area contributed by atoms with Gasteiger partial charge in [0.15, 0.2) is 0 Å². The number of benzene rings is 1. The molecule has 0 N–H and O–H groups in total. The van der Waals surface area contributed by atoms with Crippen LogP contribution in [-0.4, -0.2) is 11.2 Å². The summed E-state index contributed by atoms with van der Waals surface area (Å²) in [6, 6.07) is 11.4. The summed E-state index contributed by atoms with van der Waals surface area (Å²) in [7, 11) is 0. The molecule has 0 saturated carbocycles. The van der Waals surface area contributed by atoms with Crippen LogP contribution in [0.3, 0.4) is 0 Å². The second-order valence-corrected chi connectivity index (χ2v) is 4.40. The fourth-order valence-electron chi connectivity index (χ4n) is 1.69. The number of nitrogens with zero attached hydrogens (tertiary/aromatic N) is 1. The Balaban J connectivity index is 1.92. The van der Waals surface area contributed by atoms with Gasteiger partial charge in [0.1, 0.15) is 12.4 Å². The Morgan fingerprint density at radius 2 is 1.78 bits per heavy atom. The Labute approximate surface area is 107 Å². The van der Waals surface area contributed by atoms with Crippen molar-refractivity contribution in [1.29, 1.82) is 0 Å². The molecular formula is C15H17NO2. The van der Waals surface area contributed by atoms with E-state index in [0.717, 1.165) is 11.3 Å². The van der Waals surface area contributed by atoms with Crippen molar-refractivity contribution in [3.05, 3.63) is 64.1 Å². The largest absolute Gasteiger partial charge is 0.492 e. The van der Waals surface area contributed by atoms with Crippen molar-refractivity contribution in [2.45, 2.75) is 20.4 Å². The van der Waals surface area contributed by atoms with Crippen molar-refractivity contribution in [2.75, 3.05) is 6.61 Å². The van der Waals surface area contributed by atoms with E-state index in [1.807, 2.05) is 44.2 Å². The number of hydrogen-bond acceptors (Lipinski definition) is 2. The van der Waals surface area contributed by atoms with Crippen molar-refractivity contribution in [3.8, 4) is 5.75 Å². The molecule has 0 spiro atoms. The number of aromatic nitrogens is 1. The highest BCUT2D eigenvalue weighted by Gasteiger charge is 1.97. The minimum Gasteiger partial charge on any atom is -0.492 e. The van der Waals surface area contributed by atoms with E-state index in [1.165, 1.54) is 5.56 Å². The highest BCUT2D eigenvalue weighted by Crippen LogP contribution is 2.11. The van der Waals surface area contributed by atoms with E-state index in [9.17, 15) is 4.79 Å². The third-order valence-corrected chi connectivity index (χ3v) is 2.77. The van der Waals surface area contributed by atoms with E-state index >= 15 is 0 Å². The van der Waals surface area contributed by atoms with Gasteiger partial charge in [0, 0.05) is 12.3 Å². The normalized spacial score (nSPS) is 10.3. The molecule has 0 amide bonds. The van der Waals surface area contributed by atoms with Crippen molar-refractivity contribution in [3.63, 3.8) is 0 Å². The molecule has 2 rings (SSSR count). The van der Waals surface area contributed by atoms with Crippen molar-refractivity contribution < 1.29 is 4.74 Å². The van der Waals surface area contributed by atoms with Crippen molar-refractivity contribution in [2.24, 2.45) is 0 Å². The van der Waals surface area contributed by atoms with Gasteiger partial charge in [-0.15, -0.1) is 0 Å². The second kappa shape index (κ2) is 5.54. The third-order valence-electron chi connectivity index (χ3n) is 2.77. The van der Waals surface area contributed by atoms with E-state index in [4.69, 9.17) is 4.74 Å². The van der Waals surface area contributed by atoms with Crippen LogP contribution in [0.25, 0.3) is 0 Å². The molecule has 94 valence electrons. The molecule has 3 heteroatoms. The quantitative estimate of drug-likeness (QED) is 0.826. The van der Waals surface area contributed by atoms with Gasteiger partial charge in [0.25, 0.3) is 5.56 Å². The zero-order chi connectivity index (χ0) is 13.0. The lowest BCUT2D eigenvalue weighted by molar-refractivity contribution is 0.296. The summed E-state index contributed by atoms with van der Waals surface area (Å²) in [5, 5.41) is 0. The maximum absolute atomic E-state index is 11.6. The summed E-state index contributed by atoms with van der Waals surface area (Å²) < 4.78 is 7.24. The van der Waals surface area contributed by atoms with Crippen molar-refractivity contribution in [1.82, 2.24) is 4.57 Å². The topological polar surface area (TPSA) is 31.2 Å². The minimum absolute atomic E-state index is 0.0162. The number of aryl methyl sites for hydroxylation is 2. The summed E-state index contributed by atoms with van der Waals surface area (Å²) in [5.41, 5.74) is 2.20. The Hall–Kier alpha value is -2.03. The first-order valence-corrected chi connectivity index (χ1v) is 6.02. The molecule has 1 aromatic carbocycles. The van der Waals surface area contributed by atoms with Gasteiger partial charge in [-0.3, -0.25) is 4.79 Å². The van der Waals surface area contributed by atoms with Crippen LogP contribution in [0.5, 0.6) is 5.75 Å². The summed E-state index contributed by atoms with van der Waals surface area (Å²) in [5.74, 6) is 0.834. The SMILES string of the molecule is Cc1ccc(OCCn2ccc(C)cc2=O)cc1. The van der Waals surface area contributed by atoms with E-state index in [0.29, 0.717) is 13.2 Å². The smallest absolute Gasteiger partial charge is 0.250 e. The number of ether oxygens (including phenoxy) is 1. The van der Waals surface area contributed by atoms with Gasteiger partial charge in [-0.05, 0) is 37.6 Å². The summed E-state index contributed by atoms with van der Waals surface area (Å²) in [6.45, 7) is 5.00. The summed E-state index contributed by atoms with van der Waals surface area (Å²) in [6.07, 6.45) is 1.80. The molecule has 1 heterocycles. The van der Waals surface area contributed by atoms with Crippen LogP contribution >= 0.6 is 0 Å². The van der Waals surface area contributed by atoms with Crippen LogP contribution in [0, 0.1) is 13.8 Å². The first kappa shape index (κ1) is 12.4. The monoisotopic (exact) mass is 243 g/mol. The first-order chi connectivity index (χ1) is 8.65. The van der Waals surface area contributed by atoms with Gasteiger partial charge in [-0.2, -0.15) is 0 Å². The molecular weight excluding hydrogens is 226 g/mol. The Morgan fingerprint density at radius 1 is 1.06 bits per heavy atom. The van der Waals surface area contributed by atoms with Crippen LogP contribution in [0.15, 0.2) is 47.4 Å². The van der Waals surface area contributed by atoms with Gasteiger partial charge < -0.3 is 9.30 Å². The van der Waals surface area contributed by atoms with E-state index < -0.39 is 0 Å². The highest BCUT2D eigenvalue weighted by molar-refractivity contribution is 5.26. The van der Waals surface area contributed by atoms with Crippen LogP contribution in [0.4, 0.5) is 0 Å². The molecule has 0 bridgehead atoms. The molecule has 0 aliphatic heterocycles. The van der Waals surface area contributed by atoms with Crippen LogP contribution in [-0.2, 0) is 6.54 Å². The molecule has 18 heavy (non-hydrogen) atoms. The summed E-state index contributed by atoms with van der Waals surface area (Å²) in [4.78, 5) is 11.6. The van der Waals surface area contributed by atoms with Gasteiger partial charge >= 0.3 is 0 Å². The molecule has 1 aromatic heterocycles. The molecule has 0 unspecified atom stereocenters. The van der Waals surface area contributed by atoms with Crippen LogP contribution < -0.4 is 10.3 Å². The summed E-state index contributed by atoms with van der Waals surface area (Å²) >= 11 is 0. The predicted molar refractivity (Wildman–Crippen MR) is 72.1 cm³/mol. The molecule has 2 aromatic rings. The predicted octanol–water partition coefficient (Wildman–Crippen LogP) is 2.54. The standard InChI is InChI=1S/C15H17NO2/c1-12-3-5-14(6-4-12)18-10-9-16-8-7-13(2)11-15(16)17/h3-8,11H,9-10H2,1-2H3. The second-order valence-electron chi connectivity index (χ2n) is 4.40. The lowest BCUT2D eigenvalue weighted by atomic mass is 10.2. The molecule has 0 aliphatic rings. The molecule has 0 radical (unpaired) electrons. The van der Waals surface area contributed by atoms with Gasteiger partial charge in [0.2, 0.25) is 0 Å². The number of pyridine rings is 1. The zero-order valence-corrected chi connectivity index (χ0v) is 10.7. The maximum Gasteiger partial charge on any atom is 0.250 e.